The number of anilines is 1. The summed E-state index contributed by atoms with van der Waals surface area (Å²) in [5.41, 5.74) is 4.27. The number of carbonyl (C=O) groups excluding carboxylic acids is 1. The van der Waals surface area contributed by atoms with Crippen LogP contribution in [0.2, 0.25) is 0 Å². The first-order chi connectivity index (χ1) is 13.2. The van der Waals surface area contributed by atoms with Gasteiger partial charge in [0.15, 0.2) is 16.5 Å². The van der Waals surface area contributed by atoms with Crippen molar-refractivity contribution in [2.45, 2.75) is 6.92 Å². The molecule has 0 atom stereocenters. The Morgan fingerprint density at radius 1 is 1.15 bits per heavy atom. The van der Waals surface area contributed by atoms with Crippen molar-refractivity contribution < 1.29 is 14.3 Å². The first-order valence-corrected chi connectivity index (χ1v) is 9.30. The summed E-state index contributed by atoms with van der Waals surface area (Å²) < 4.78 is 12.5. The predicted octanol–water partition coefficient (Wildman–Crippen LogP) is 4.35. The van der Waals surface area contributed by atoms with Crippen LogP contribution in [-0.4, -0.2) is 22.1 Å². The summed E-state index contributed by atoms with van der Waals surface area (Å²) >= 11 is 1.44. The Bertz CT molecular complexity index is 1160. The number of nitrogens with zero attached hydrogens (tertiary/aromatic N) is 2. The van der Waals surface area contributed by atoms with Gasteiger partial charge in [-0.05, 0) is 19.1 Å². The number of thiazole rings is 1. The minimum absolute atomic E-state index is 0.201. The van der Waals surface area contributed by atoms with E-state index in [1.54, 1.807) is 18.2 Å². The number of imidazole rings is 1. The molecule has 0 saturated carbocycles. The quantitative estimate of drug-likeness (QED) is 0.576. The Morgan fingerprint density at radius 2 is 1.96 bits per heavy atom. The maximum atomic E-state index is 12.8. The lowest BCUT2D eigenvalue weighted by molar-refractivity contribution is 0.102. The van der Waals surface area contributed by atoms with Crippen LogP contribution in [0.15, 0.2) is 54.0 Å². The molecular weight excluding hydrogens is 362 g/mol. The number of fused-ring (bicyclic) bond motifs is 2. The molecule has 0 fully saturated rings. The number of carbonyl (C=O) groups is 1. The van der Waals surface area contributed by atoms with Gasteiger partial charge in [0.2, 0.25) is 6.79 Å². The van der Waals surface area contributed by atoms with Crippen LogP contribution in [-0.2, 0) is 0 Å². The molecule has 0 unspecified atom stereocenters. The van der Waals surface area contributed by atoms with Crippen LogP contribution in [0.3, 0.4) is 0 Å². The Kier molecular flexibility index (Phi) is 3.61. The van der Waals surface area contributed by atoms with E-state index in [1.165, 1.54) is 16.9 Å². The van der Waals surface area contributed by atoms with E-state index < -0.39 is 0 Å². The van der Waals surface area contributed by atoms with Gasteiger partial charge >= 0.3 is 0 Å². The minimum Gasteiger partial charge on any atom is -0.454 e. The minimum atomic E-state index is -0.201. The maximum Gasteiger partial charge on any atom is 0.273 e. The number of aryl methyl sites for hydroxylation is 1. The number of benzene rings is 2. The van der Waals surface area contributed by atoms with Gasteiger partial charge in [-0.25, -0.2) is 4.98 Å². The molecule has 0 saturated heterocycles. The number of rotatable bonds is 3. The van der Waals surface area contributed by atoms with Crippen molar-refractivity contribution in [1.82, 2.24) is 9.38 Å². The average molecular weight is 377 g/mol. The van der Waals surface area contributed by atoms with Gasteiger partial charge in [0.25, 0.3) is 5.91 Å². The van der Waals surface area contributed by atoms with Crippen LogP contribution >= 0.6 is 11.3 Å². The molecule has 134 valence electrons. The number of hydrogen-bond acceptors (Lipinski definition) is 5. The molecule has 1 aliphatic rings. The highest BCUT2D eigenvalue weighted by molar-refractivity contribution is 7.15. The van der Waals surface area contributed by atoms with E-state index in [0.29, 0.717) is 22.9 Å². The molecule has 0 aliphatic carbocycles. The summed E-state index contributed by atoms with van der Waals surface area (Å²) in [7, 11) is 0. The second kappa shape index (κ2) is 6.14. The van der Waals surface area contributed by atoms with Gasteiger partial charge in [0, 0.05) is 28.9 Å². The van der Waals surface area contributed by atoms with Gasteiger partial charge in [-0.2, -0.15) is 0 Å². The zero-order chi connectivity index (χ0) is 18.4. The summed E-state index contributed by atoms with van der Waals surface area (Å²) in [6.07, 6.45) is 1.89. The van der Waals surface area contributed by atoms with Crippen molar-refractivity contribution in [3.05, 3.63) is 65.3 Å². The van der Waals surface area contributed by atoms with E-state index >= 15 is 0 Å². The average Bonchev–Trinajstić information content (AvgIpc) is 3.37. The highest BCUT2D eigenvalue weighted by atomic mass is 32.1. The molecule has 0 spiro atoms. The smallest absolute Gasteiger partial charge is 0.273 e. The van der Waals surface area contributed by atoms with Crippen LogP contribution in [0, 0.1) is 6.92 Å². The normalized spacial score (nSPS) is 12.5. The predicted molar refractivity (Wildman–Crippen MR) is 104 cm³/mol. The Morgan fingerprint density at radius 3 is 2.81 bits per heavy atom. The van der Waals surface area contributed by atoms with Crippen molar-refractivity contribution >= 4 is 27.9 Å². The van der Waals surface area contributed by atoms with E-state index in [-0.39, 0.29) is 12.7 Å². The molecule has 0 bridgehead atoms. The van der Waals surface area contributed by atoms with Gasteiger partial charge in [-0.3, -0.25) is 9.20 Å². The highest BCUT2D eigenvalue weighted by Gasteiger charge is 2.18. The summed E-state index contributed by atoms with van der Waals surface area (Å²) in [5.74, 6) is 1.11. The van der Waals surface area contributed by atoms with Crippen LogP contribution in [0.4, 0.5) is 5.69 Å². The Labute approximate surface area is 159 Å². The van der Waals surface area contributed by atoms with Crippen LogP contribution < -0.4 is 14.8 Å². The van der Waals surface area contributed by atoms with Crippen molar-refractivity contribution in [3.63, 3.8) is 0 Å². The van der Waals surface area contributed by atoms with Gasteiger partial charge in [-0.15, -0.1) is 11.3 Å². The third-order valence-electron chi connectivity index (χ3n) is 4.42. The molecule has 0 radical (unpaired) electrons. The first-order valence-electron chi connectivity index (χ1n) is 8.42. The van der Waals surface area contributed by atoms with Gasteiger partial charge in [0.1, 0.15) is 5.69 Å². The molecule has 1 N–H and O–H groups in total. The van der Waals surface area contributed by atoms with Gasteiger partial charge in [0.05, 0.1) is 5.69 Å². The Balaban J connectivity index is 1.44. The molecule has 3 heterocycles. The summed E-state index contributed by atoms with van der Waals surface area (Å²) in [6.45, 7) is 2.25. The molecule has 4 aromatic rings. The largest absolute Gasteiger partial charge is 0.454 e. The molecule has 2 aromatic heterocycles. The summed E-state index contributed by atoms with van der Waals surface area (Å²) in [5, 5.41) is 4.72. The maximum absolute atomic E-state index is 12.8. The molecule has 2 aromatic carbocycles. The fourth-order valence-corrected chi connectivity index (χ4v) is 3.83. The van der Waals surface area contributed by atoms with Gasteiger partial charge < -0.3 is 14.8 Å². The topological polar surface area (TPSA) is 64.9 Å². The summed E-state index contributed by atoms with van der Waals surface area (Å²) in [4.78, 5) is 18.2. The van der Waals surface area contributed by atoms with Crippen LogP contribution in [0.5, 0.6) is 11.5 Å². The fraction of sp³-hybridized carbons (Fsp3) is 0.100. The molecule has 27 heavy (non-hydrogen) atoms. The zero-order valence-electron chi connectivity index (χ0n) is 14.4. The molecule has 7 heteroatoms. The fourth-order valence-electron chi connectivity index (χ4n) is 2.98. The van der Waals surface area contributed by atoms with Crippen LogP contribution in [0.1, 0.15) is 16.1 Å². The zero-order valence-corrected chi connectivity index (χ0v) is 15.2. The van der Waals surface area contributed by atoms with E-state index in [0.717, 1.165) is 16.2 Å². The van der Waals surface area contributed by atoms with E-state index in [4.69, 9.17) is 9.47 Å². The number of hydrogen-bond donors (Lipinski definition) is 1. The van der Waals surface area contributed by atoms with Crippen LogP contribution in [0.25, 0.3) is 16.2 Å². The molecular formula is C20H15N3O3S. The van der Waals surface area contributed by atoms with E-state index in [9.17, 15) is 4.79 Å². The number of aromatic nitrogens is 2. The molecule has 1 aliphatic heterocycles. The second-order valence-corrected chi connectivity index (χ2v) is 7.12. The molecule has 6 nitrogen and oxygen atoms in total. The monoisotopic (exact) mass is 377 g/mol. The van der Waals surface area contributed by atoms with Crippen molar-refractivity contribution in [2.24, 2.45) is 0 Å². The molecule has 1 amide bonds. The standard InChI is InChI=1S/C20H15N3O3S/c1-12-2-4-13(5-3-12)15-9-23-16(10-27-20(23)22-15)19(24)21-14-6-7-17-18(8-14)26-11-25-17/h2-10H,11H2,1H3,(H,21,24). The van der Waals surface area contributed by atoms with E-state index in [2.05, 4.69) is 22.4 Å². The van der Waals surface area contributed by atoms with Crippen molar-refractivity contribution in [1.29, 1.82) is 0 Å². The number of amides is 1. The van der Waals surface area contributed by atoms with Crippen molar-refractivity contribution in [3.8, 4) is 22.8 Å². The first kappa shape index (κ1) is 15.9. The lowest BCUT2D eigenvalue weighted by atomic mass is 10.1. The Hall–Kier alpha value is -3.32. The lowest BCUT2D eigenvalue weighted by Crippen LogP contribution is -2.13. The third kappa shape index (κ3) is 2.82. The third-order valence-corrected chi connectivity index (χ3v) is 5.26. The lowest BCUT2D eigenvalue weighted by Gasteiger charge is -2.05. The van der Waals surface area contributed by atoms with E-state index in [1.807, 2.05) is 35.0 Å². The SMILES string of the molecule is Cc1ccc(-c2cn3c(C(=O)Nc4ccc5c(c4)OCO5)csc3n2)cc1. The number of ether oxygens (including phenoxy) is 2. The second-order valence-electron chi connectivity index (χ2n) is 6.29. The highest BCUT2D eigenvalue weighted by Crippen LogP contribution is 2.34. The van der Waals surface area contributed by atoms with Crippen molar-refractivity contribution in [2.75, 3.05) is 12.1 Å². The molecule has 5 rings (SSSR count). The number of nitrogens with one attached hydrogen (secondary N) is 1. The van der Waals surface area contributed by atoms with Gasteiger partial charge in [-0.1, -0.05) is 29.8 Å². The summed E-state index contributed by atoms with van der Waals surface area (Å²) in [6, 6.07) is 13.5.